The third-order valence-corrected chi connectivity index (χ3v) is 8.36. The van der Waals surface area contributed by atoms with Crippen molar-refractivity contribution in [2.45, 2.75) is 82.0 Å². The Bertz CT molecular complexity index is 1060. The second-order valence-electron chi connectivity index (χ2n) is 12.3. The van der Waals surface area contributed by atoms with E-state index in [-0.39, 0.29) is 30.8 Å². The molecule has 39 heavy (non-hydrogen) atoms. The lowest BCUT2D eigenvalue weighted by atomic mass is 9.88. The molecule has 10 heteroatoms. The second-order valence-corrected chi connectivity index (χ2v) is 12.3. The molecule has 0 aromatic heterocycles. The number of likely N-dealkylation sites (tertiary alicyclic amines) is 2. The number of fused-ring (bicyclic) bond motifs is 2. The summed E-state index contributed by atoms with van der Waals surface area (Å²) in [5.74, 6) is -0.667. The molecule has 2 aliphatic heterocycles. The Labute approximate surface area is 230 Å². The molecule has 0 spiro atoms. The van der Waals surface area contributed by atoms with Crippen molar-refractivity contribution in [3.63, 3.8) is 0 Å². The topological polar surface area (TPSA) is 114 Å². The summed E-state index contributed by atoms with van der Waals surface area (Å²) < 4.78 is 26.1. The number of rotatable bonds is 10. The predicted molar refractivity (Wildman–Crippen MR) is 145 cm³/mol. The highest BCUT2D eigenvalue weighted by Gasteiger charge is 2.53. The minimum atomic E-state index is -1.49. The fraction of sp³-hybridized carbons (Fsp3) is 0.690. The zero-order valence-corrected chi connectivity index (χ0v) is 23.6. The first kappa shape index (κ1) is 29.4. The number of methoxy groups -OCH3 is 1. The van der Waals surface area contributed by atoms with Crippen LogP contribution in [-0.4, -0.2) is 91.2 Å². The van der Waals surface area contributed by atoms with Crippen molar-refractivity contribution >= 4 is 18.3 Å². The zero-order chi connectivity index (χ0) is 28.4. The van der Waals surface area contributed by atoms with Gasteiger partial charge in [0.15, 0.2) is 0 Å². The lowest BCUT2D eigenvalue weighted by Gasteiger charge is -2.37. The summed E-state index contributed by atoms with van der Waals surface area (Å²) in [7, 11) is 1.68. The van der Waals surface area contributed by atoms with Crippen LogP contribution in [-0.2, 0) is 25.5 Å². The number of hydrogen-bond acceptors (Lipinski definition) is 7. The van der Waals surface area contributed by atoms with E-state index in [1.165, 1.54) is 11.0 Å². The highest BCUT2D eigenvalue weighted by molar-refractivity contribution is 5.90. The first-order valence-corrected chi connectivity index (χ1v) is 14.0. The monoisotopic (exact) mass is 546 g/mol. The third-order valence-electron chi connectivity index (χ3n) is 8.36. The highest BCUT2D eigenvalue weighted by Crippen LogP contribution is 2.43. The fourth-order valence-corrected chi connectivity index (χ4v) is 6.34. The molecule has 2 saturated heterocycles. The van der Waals surface area contributed by atoms with E-state index >= 15 is 4.39 Å². The number of carbonyl (C=O) groups is 3. The number of aldehydes is 1. The van der Waals surface area contributed by atoms with Crippen molar-refractivity contribution in [1.29, 1.82) is 0 Å². The van der Waals surface area contributed by atoms with Crippen molar-refractivity contribution in [1.82, 2.24) is 15.1 Å². The van der Waals surface area contributed by atoms with Gasteiger partial charge < -0.3 is 30.2 Å². The lowest BCUT2D eigenvalue weighted by molar-refractivity contribution is -0.132. The molecule has 4 rings (SSSR count). The van der Waals surface area contributed by atoms with Gasteiger partial charge in [0.2, 0.25) is 5.91 Å². The maximum atomic E-state index is 15.3. The van der Waals surface area contributed by atoms with Gasteiger partial charge in [0.05, 0.1) is 6.61 Å². The van der Waals surface area contributed by atoms with E-state index in [1.54, 1.807) is 33.9 Å². The molecular formula is C29H43FN4O5. The number of nitrogens with one attached hydrogen (secondary N) is 1. The molecule has 3 N–H and O–H groups in total. The Balaban J connectivity index is 1.46. The Morgan fingerprint density at radius 1 is 1.23 bits per heavy atom. The number of nitrogens with zero attached hydrogens (tertiary/aromatic N) is 2. The molecule has 1 aliphatic carbocycles. The maximum Gasteiger partial charge on any atom is 0.411 e. The summed E-state index contributed by atoms with van der Waals surface area (Å²) >= 11 is 0. The van der Waals surface area contributed by atoms with Crippen molar-refractivity contribution in [2.24, 2.45) is 11.7 Å². The Kier molecular flexibility index (Phi) is 8.98. The van der Waals surface area contributed by atoms with E-state index in [4.69, 9.17) is 15.2 Å². The lowest BCUT2D eigenvalue weighted by Crippen LogP contribution is -2.62. The van der Waals surface area contributed by atoms with Crippen LogP contribution in [0.15, 0.2) is 18.2 Å². The van der Waals surface area contributed by atoms with Crippen molar-refractivity contribution in [3.05, 3.63) is 35.1 Å². The largest absolute Gasteiger partial charge is 0.444 e. The van der Waals surface area contributed by atoms with Gasteiger partial charge in [-0.3, -0.25) is 9.69 Å². The normalized spacial score (nSPS) is 26.5. The number of hydrogen-bond donors (Lipinski definition) is 2. The summed E-state index contributed by atoms with van der Waals surface area (Å²) in [6, 6.07) is 4.30. The highest BCUT2D eigenvalue weighted by atomic mass is 19.1. The Hall–Kier alpha value is -2.56. The Morgan fingerprint density at radius 2 is 2.00 bits per heavy atom. The third kappa shape index (κ3) is 6.61. The molecule has 2 amide bonds. The van der Waals surface area contributed by atoms with Crippen LogP contribution in [0.5, 0.6) is 0 Å². The molecule has 2 bridgehead atoms. The molecule has 5 unspecified atom stereocenters. The van der Waals surface area contributed by atoms with Crippen molar-refractivity contribution in [2.75, 3.05) is 39.9 Å². The molecule has 1 saturated carbocycles. The Morgan fingerprint density at radius 3 is 2.64 bits per heavy atom. The van der Waals surface area contributed by atoms with Crippen LogP contribution in [0.1, 0.15) is 63.5 Å². The van der Waals surface area contributed by atoms with Gasteiger partial charge in [0.25, 0.3) is 0 Å². The van der Waals surface area contributed by atoms with E-state index in [1.807, 2.05) is 6.07 Å². The number of carbonyl (C=O) groups excluding carboxylic acids is 3. The molecule has 0 radical (unpaired) electrons. The molecule has 1 aromatic rings. The van der Waals surface area contributed by atoms with Crippen LogP contribution < -0.4 is 11.1 Å². The fourth-order valence-electron chi connectivity index (χ4n) is 6.34. The summed E-state index contributed by atoms with van der Waals surface area (Å²) in [4.78, 5) is 42.7. The van der Waals surface area contributed by atoms with Gasteiger partial charge in [-0.05, 0) is 82.0 Å². The molecular weight excluding hydrogens is 503 g/mol. The maximum absolute atomic E-state index is 15.3. The number of benzene rings is 1. The van der Waals surface area contributed by atoms with Gasteiger partial charge in [0, 0.05) is 39.2 Å². The standard InChI is InChI=1S/C29H43FN4O5/c1-28(2,3)39-27(37)34-23-8-7-20(13-23)25(34)26(36)32-29(17-31,18-35)15-21-6-5-19(14-24(21)30)22-9-10-33(16-22)11-12-38-4/h5-6,14,18,20,22-23,25H,7-13,15-17,31H2,1-4H3,(H,32,36). The minimum Gasteiger partial charge on any atom is -0.444 e. The van der Waals surface area contributed by atoms with Gasteiger partial charge in [-0.1, -0.05) is 12.1 Å². The first-order valence-electron chi connectivity index (χ1n) is 14.0. The van der Waals surface area contributed by atoms with Gasteiger partial charge in [0.1, 0.15) is 29.3 Å². The van der Waals surface area contributed by atoms with Gasteiger partial charge in [-0.15, -0.1) is 0 Å². The summed E-state index contributed by atoms with van der Waals surface area (Å²) in [5.41, 5.74) is 5.04. The van der Waals surface area contributed by atoms with Crippen molar-refractivity contribution in [3.8, 4) is 0 Å². The summed E-state index contributed by atoms with van der Waals surface area (Å²) in [6.45, 7) is 8.44. The number of halogens is 1. The van der Waals surface area contributed by atoms with E-state index < -0.39 is 35.0 Å². The minimum absolute atomic E-state index is 0.0180. The van der Waals surface area contributed by atoms with E-state index in [9.17, 15) is 14.4 Å². The summed E-state index contributed by atoms with van der Waals surface area (Å²) in [6.07, 6.45) is 3.27. The van der Waals surface area contributed by atoms with Crippen LogP contribution in [0.3, 0.4) is 0 Å². The van der Waals surface area contributed by atoms with Crippen LogP contribution >= 0.6 is 0 Å². The van der Waals surface area contributed by atoms with E-state index in [0.29, 0.717) is 24.9 Å². The van der Waals surface area contributed by atoms with Crippen LogP contribution in [0, 0.1) is 11.7 Å². The molecule has 3 fully saturated rings. The van der Waals surface area contributed by atoms with Crippen LogP contribution in [0.25, 0.3) is 0 Å². The number of piperidine rings is 1. The summed E-state index contributed by atoms with van der Waals surface area (Å²) in [5, 5.41) is 2.81. The van der Waals surface area contributed by atoms with Gasteiger partial charge >= 0.3 is 6.09 Å². The SMILES string of the molecule is COCCN1CCC(c2ccc(CC(C=O)(CN)NC(=O)C3C4CCC(C4)N3C(=O)OC(C)(C)C)c(F)c2)C1. The molecule has 9 nitrogen and oxygen atoms in total. The van der Waals surface area contributed by atoms with E-state index in [0.717, 1.165) is 44.5 Å². The zero-order valence-electron chi connectivity index (χ0n) is 23.6. The number of ether oxygens (including phenoxy) is 2. The first-order chi connectivity index (χ1) is 18.5. The van der Waals surface area contributed by atoms with Crippen molar-refractivity contribution < 1.29 is 28.2 Å². The quantitative estimate of drug-likeness (QED) is 0.434. The number of nitrogens with two attached hydrogens (primary N) is 1. The number of amides is 2. The molecule has 3 aliphatic rings. The second kappa shape index (κ2) is 11.9. The van der Waals surface area contributed by atoms with Crippen LogP contribution in [0.2, 0.25) is 0 Å². The molecule has 216 valence electrons. The average molecular weight is 547 g/mol. The molecule has 1 aromatic carbocycles. The smallest absolute Gasteiger partial charge is 0.411 e. The molecule has 2 heterocycles. The van der Waals surface area contributed by atoms with Crippen LogP contribution in [0.4, 0.5) is 9.18 Å². The molecule has 5 atom stereocenters. The van der Waals surface area contributed by atoms with Gasteiger partial charge in [-0.25, -0.2) is 9.18 Å². The van der Waals surface area contributed by atoms with Gasteiger partial charge in [-0.2, -0.15) is 0 Å². The average Bonchev–Trinajstić information content (AvgIpc) is 3.63. The van der Waals surface area contributed by atoms with E-state index in [2.05, 4.69) is 10.2 Å². The predicted octanol–water partition coefficient (Wildman–Crippen LogP) is 2.60.